The maximum absolute atomic E-state index is 13.3. The topological polar surface area (TPSA) is 34.1 Å². The predicted molar refractivity (Wildman–Crippen MR) is 124 cm³/mol. The zero-order valence-corrected chi connectivity index (χ0v) is 18.1. The van der Waals surface area contributed by atoms with Gasteiger partial charge in [-0.2, -0.15) is 0 Å². The molecule has 148 valence electrons. The van der Waals surface area contributed by atoms with Crippen LogP contribution in [0.4, 0.5) is 0 Å². The highest BCUT2D eigenvalue weighted by Crippen LogP contribution is 2.58. The van der Waals surface area contributed by atoms with E-state index in [2.05, 4.69) is 15.9 Å². The minimum atomic E-state index is -0.693. The lowest BCUT2D eigenvalue weighted by atomic mass is 9.64. The normalized spacial score (nSPS) is 16.2. The van der Waals surface area contributed by atoms with Gasteiger partial charge >= 0.3 is 0 Å². The summed E-state index contributed by atoms with van der Waals surface area (Å²) in [5.74, 6) is -0.0882. The Morgan fingerprint density at radius 1 is 0.516 bits per heavy atom. The van der Waals surface area contributed by atoms with E-state index >= 15 is 0 Å². The fraction of sp³-hybridized carbons (Fsp3) is 0.0714. The van der Waals surface area contributed by atoms with Gasteiger partial charge < -0.3 is 0 Å². The lowest BCUT2D eigenvalue weighted by Gasteiger charge is -2.44. The monoisotopic (exact) mass is 464 g/mol. The van der Waals surface area contributed by atoms with Gasteiger partial charge in [-0.05, 0) is 22.3 Å². The number of alkyl halides is 1. The average Bonchev–Trinajstić information content (AvgIpc) is 2.83. The number of fused-ring (bicyclic) bond motifs is 4. The van der Waals surface area contributed by atoms with Crippen LogP contribution in [0.2, 0.25) is 0 Å². The highest BCUT2D eigenvalue weighted by molar-refractivity contribution is 9.09. The van der Waals surface area contributed by atoms with Gasteiger partial charge in [-0.1, -0.05) is 113 Å². The second-order valence-corrected chi connectivity index (χ2v) is 9.32. The van der Waals surface area contributed by atoms with Crippen molar-refractivity contribution in [1.82, 2.24) is 0 Å². The van der Waals surface area contributed by atoms with E-state index in [1.165, 1.54) is 0 Å². The minimum absolute atomic E-state index is 0.0368. The third-order valence-corrected chi connectivity index (χ3v) is 7.87. The maximum Gasteiger partial charge on any atom is 0.193 e. The average molecular weight is 465 g/mol. The molecule has 4 aromatic carbocycles. The summed E-state index contributed by atoms with van der Waals surface area (Å²) in [5, 5.41) is 0. The second kappa shape index (κ2) is 6.60. The van der Waals surface area contributed by atoms with E-state index in [9.17, 15) is 9.59 Å². The molecule has 2 aliphatic carbocycles. The van der Waals surface area contributed by atoms with Crippen molar-refractivity contribution in [3.05, 3.63) is 142 Å². The van der Waals surface area contributed by atoms with E-state index in [-0.39, 0.29) is 17.5 Å². The van der Waals surface area contributed by atoms with Gasteiger partial charge in [-0.3, -0.25) is 9.59 Å². The van der Waals surface area contributed by atoms with Gasteiger partial charge in [0.1, 0.15) is 0 Å². The number of hydrogen-bond donors (Lipinski definition) is 0. The molecular weight excluding hydrogens is 448 g/mol. The first kappa shape index (κ1) is 18.5. The molecular formula is C28H17BrO2. The van der Waals surface area contributed by atoms with Crippen LogP contribution in [-0.2, 0) is 4.32 Å². The van der Waals surface area contributed by atoms with Crippen molar-refractivity contribution < 1.29 is 9.59 Å². The first-order valence-corrected chi connectivity index (χ1v) is 11.1. The number of carbonyl (C=O) groups excluding carboxylic acids is 2. The van der Waals surface area contributed by atoms with E-state index in [0.29, 0.717) is 11.1 Å². The summed E-state index contributed by atoms with van der Waals surface area (Å²) in [6, 6.07) is 31.3. The number of carbonyl (C=O) groups is 2. The number of benzene rings is 4. The lowest BCUT2D eigenvalue weighted by molar-refractivity contribution is 0.102. The van der Waals surface area contributed by atoms with Gasteiger partial charge in [0.2, 0.25) is 0 Å². The van der Waals surface area contributed by atoms with E-state index < -0.39 is 4.32 Å². The van der Waals surface area contributed by atoms with Crippen molar-refractivity contribution in [1.29, 1.82) is 0 Å². The Kier molecular flexibility index (Phi) is 3.93. The van der Waals surface area contributed by atoms with Crippen LogP contribution < -0.4 is 0 Å². The fourth-order valence-corrected chi connectivity index (χ4v) is 6.43. The summed E-state index contributed by atoms with van der Waals surface area (Å²) in [7, 11) is 0. The first-order chi connectivity index (χ1) is 15.1. The minimum Gasteiger partial charge on any atom is -0.289 e. The Hall–Kier alpha value is -3.30. The highest BCUT2D eigenvalue weighted by atomic mass is 79.9. The zero-order chi connectivity index (χ0) is 21.2. The number of hydrogen-bond acceptors (Lipinski definition) is 2. The van der Waals surface area contributed by atoms with Crippen LogP contribution in [0.15, 0.2) is 97.1 Å². The quantitative estimate of drug-likeness (QED) is 0.312. The summed E-state index contributed by atoms with van der Waals surface area (Å²) >= 11 is 4.18. The van der Waals surface area contributed by atoms with Crippen LogP contribution in [0, 0.1) is 0 Å². The molecule has 2 nitrogen and oxygen atoms in total. The number of halogens is 1. The van der Waals surface area contributed by atoms with E-state index in [1.54, 1.807) is 0 Å². The molecule has 0 saturated carbocycles. The molecule has 0 fully saturated rings. The van der Waals surface area contributed by atoms with Crippen molar-refractivity contribution in [3.8, 4) is 0 Å². The molecule has 0 saturated heterocycles. The highest BCUT2D eigenvalue weighted by Gasteiger charge is 2.51. The molecule has 0 aliphatic heterocycles. The molecule has 0 amide bonds. The molecule has 0 N–H and O–H groups in total. The molecule has 2 aliphatic rings. The Bertz CT molecular complexity index is 1300. The van der Waals surface area contributed by atoms with Gasteiger partial charge in [0, 0.05) is 28.2 Å². The largest absolute Gasteiger partial charge is 0.289 e. The van der Waals surface area contributed by atoms with Crippen molar-refractivity contribution >= 4 is 27.5 Å². The number of rotatable bonds is 1. The third-order valence-electron chi connectivity index (χ3n) is 6.56. The molecule has 0 radical (unpaired) electrons. The lowest BCUT2D eigenvalue weighted by Crippen LogP contribution is -2.39. The van der Waals surface area contributed by atoms with E-state index in [0.717, 1.165) is 33.4 Å². The molecule has 0 atom stereocenters. The second-order valence-electron chi connectivity index (χ2n) is 8.07. The Morgan fingerprint density at radius 3 is 1.35 bits per heavy atom. The van der Waals surface area contributed by atoms with E-state index in [1.807, 2.05) is 97.1 Å². The SMILES string of the molecule is O=C1c2ccccc2C(C2(Br)c3ccccc3C(=O)c3ccccc32)c2ccccc21. The van der Waals surface area contributed by atoms with Gasteiger partial charge in [-0.15, -0.1) is 0 Å². The van der Waals surface area contributed by atoms with Crippen molar-refractivity contribution in [3.63, 3.8) is 0 Å². The zero-order valence-electron chi connectivity index (χ0n) is 16.5. The summed E-state index contributed by atoms with van der Waals surface area (Å²) in [6.07, 6.45) is 0. The molecule has 6 rings (SSSR count). The summed E-state index contributed by atoms with van der Waals surface area (Å²) < 4.78 is -0.693. The van der Waals surface area contributed by atoms with Crippen LogP contribution in [0.25, 0.3) is 0 Å². The van der Waals surface area contributed by atoms with Crippen molar-refractivity contribution in [2.45, 2.75) is 10.2 Å². The fourth-order valence-electron chi connectivity index (χ4n) is 5.25. The van der Waals surface area contributed by atoms with Crippen LogP contribution in [0.5, 0.6) is 0 Å². The molecule has 0 unspecified atom stereocenters. The molecule has 0 bridgehead atoms. The van der Waals surface area contributed by atoms with Gasteiger partial charge in [0.05, 0.1) is 4.32 Å². The molecule has 3 heteroatoms. The van der Waals surface area contributed by atoms with Crippen LogP contribution >= 0.6 is 15.9 Å². The van der Waals surface area contributed by atoms with Gasteiger partial charge in [0.25, 0.3) is 0 Å². The predicted octanol–water partition coefficient (Wildman–Crippen LogP) is 6.25. The molecule has 31 heavy (non-hydrogen) atoms. The molecule has 0 heterocycles. The van der Waals surface area contributed by atoms with Crippen molar-refractivity contribution in [2.24, 2.45) is 0 Å². The van der Waals surface area contributed by atoms with E-state index in [4.69, 9.17) is 0 Å². The van der Waals surface area contributed by atoms with Gasteiger partial charge in [0.15, 0.2) is 11.6 Å². The van der Waals surface area contributed by atoms with Crippen molar-refractivity contribution in [2.75, 3.05) is 0 Å². The number of ketones is 2. The van der Waals surface area contributed by atoms with Gasteiger partial charge in [-0.25, -0.2) is 0 Å². The van der Waals surface area contributed by atoms with Crippen LogP contribution in [0.3, 0.4) is 0 Å². The first-order valence-electron chi connectivity index (χ1n) is 10.3. The Morgan fingerprint density at radius 2 is 0.871 bits per heavy atom. The van der Waals surface area contributed by atoms with Crippen LogP contribution in [-0.4, -0.2) is 11.6 Å². The smallest absolute Gasteiger partial charge is 0.193 e. The molecule has 0 spiro atoms. The maximum atomic E-state index is 13.3. The molecule has 4 aromatic rings. The summed E-state index contributed by atoms with van der Waals surface area (Å²) in [4.78, 5) is 26.7. The standard InChI is InChI=1S/C28H17BrO2/c29-28(23-15-7-5-13-21(23)27(31)22-14-6-8-16-24(22)28)25-17-9-1-3-11-19(17)26(30)20-12-4-2-10-18(20)25/h1-16,25H. The third kappa shape index (κ3) is 2.38. The van der Waals surface area contributed by atoms with Crippen LogP contribution in [0.1, 0.15) is 60.0 Å². The Balaban J connectivity index is 1.76. The molecule has 0 aromatic heterocycles. The summed E-state index contributed by atoms with van der Waals surface area (Å²) in [6.45, 7) is 0. The summed E-state index contributed by atoms with van der Waals surface area (Å²) in [5.41, 5.74) is 6.65. The Labute approximate surface area is 188 Å².